The van der Waals surface area contributed by atoms with Crippen molar-refractivity contribution in [1.82, 2.24) is 15.6 Å². The van der Waals surface area contributed by atoms with Crippen molar-refractivity contribution in [3.8, 4) is 11.6 Å². The maximum atomic E-state index is 11.5. The maximum absolute atomic E-state index is 11.5. The lowest BCUT2D eigenvalue weighted by molar-refractivity contribution is 0.212. The van der Waals surface area contributed by atoms with Gasteiger partial charge in [-0.1, -0.05) is 36.4 Å². The summed E-state index contributed by atoms with van der Waals surface area (Å²) >= 11 is 0. The number of amides is 2. The highest BCUT2D eigenvalue weighted by molar-refractivity contribution is 5.73. The lowest BCUT2D eigenvalue weighted by Gasteiger charge is -2.09. The zero-order chi connectivity index (χ0) is 17.7. The highest BCUT2D eigenvalue weighted by Gasteiger charge is 2.01. The summed E-state index contributed by atoms with van der Waals surface area (Å²) in [6.45, 7) is 3.68. The molecule has 1 aromatic heterocycles. The summed E-state index contributed by atoms with van der Waals surface area (Å²) < 4.78 is 11.1. The molecule has 2 rings (SSSR count). The predicted molar refractivity (Wildman–Crippen MR) is 96.7 cm³/mol. The van der Waals surface area contributed by atoms with Crippen molar-refractivity contribution in [2.45, 2.75) is 13.5 Å². The minimum Gasteiger partial charge on any atom is -0.490 e. The number of benzene rings is 1. The zero-order valence-corrected chi connectivity index (χ0v) is 14.3. The van der Waals surface area contributed by atoms with Crippen LogP contribution in [-0.4, -0.2) is 30.8 Å². The molecule has 0 radical (unpaired) electrons. The molecule has 132 valence electrons. The van der Waals surface area contributed by atoms with Crippen LogP contribution in [0.5, 0.6) is 11.6 Å². The molecule has 0 spiro atoms. The second-order valence-corrected chi connectivity index (χ2v) is 5.15. The number of nitrogens with zero attached hydrogens (tertiary/aromatic N) is 1. The summed E-state index contributed by atoms with van der Waals surface area (Å²) in [7, 11) is 0. The predicted octanol–water partition coefficient (Wildman–Crippen LogP) is 2.91. The SMILES string of the molecule is C/C=C/CNC(=O)NCc1ccc(OCCOc2ccccc2)nc1. The first-order valence-corrected chi connectivity index (χ1v) is 8.16. The van der Waals surface area contributed by atoms with E-state index < -0.39 is 0 Å². The van der Waals surface area contributed by atoms with Crippen LogP contribution in [0.25, 0.3) is 0 Å². The minimum atomic E-state index is -0.212. The van der Waals surface area contributed by atoms with Gasteiger partial charge in [0.1, 0.15) is 19.0 Å². The molecule has 0 unspecified atom stereocenters. The van der Waals surface area contributed by atoms with E-state index in [1.54, 1.807) is 12.3 Å². The number of hydrogen-bond donors (Lipinski definition) is 2. The van der Waals surface area contributed by atoms with Gasteiger partial charge in [0.2, 0.25) is 5.88 Å². The summed E-state index contributed by atoms with van der Waals surface area (Å²) in [6, 6.07) is 13.0. The fourth-order valence-electron chi connectivity index (χ4n) is 1.94. The molecule has 2 N–H and O–H groups in total. The third-order valence-electron chi connectivity index (χ3n) is 3.21. The van der Waals surface area contributed by atoms with Gasteiger partial charge in [0, 0.05) is 25.4 Å². The van der Waals surface area contributed by atoms with Gasteiger partial charge in [-0.05, 0) is 24.6 Å². The van der Waals surface area contributed by atoms with Gasteiger partial charge in [-0.2, -0.15) is 0 Å². The van der Waals surface area contributed by atoms with E-state index in [0.29, 0.717) is 32.2 Å². The molecule has 25 heavy (non-hydrogen) atoms. The first-order chi connectivity index (χ1) is 12.3. The Hall–Kier alpha value is -3.02. The molecule has 0 aliphatic heterocycles. The molecule has 0 bridgehead atoms. The van der Waals surface area contributed by atoms with E-state index in [4.69, 9.17) is 9.47 Å². The number of ether oxygens (including phenoxy) is 2. The third-order valence-corrected chi connectivity index (χ3v) is 3.21. The van der Waals surface area contributed by atoms with Gasteiger partial charge in [-0.3, -0.25) is 0 Å². The molecule has 0 fully saturated rings. The number of hydrogen-bond acceptors (Lipinski definition) is 4. The van der Waals surface area contributed by atoms with E-state index in [0.717, 1.165) is 11.3 Å². The van der Waals surface area contributed by atoms with Crippen LogP contribution in [-0.2, 0) is 6.54 Å². The second-order valence-electron chi connectivity index (χ2n) is 5.15. The number of allylic oxidation sites excluding steroid dienone is 1. The van der Waals surface area contributed by atoms with Crippen LogP contribution in [0.1, 0.15) is 12.5 Å². The van der Waals surface area contributed by atoms with E-state index in [1.807, 2.05) is 55.5 Å². The number of pyridine rings is 1. The van der Waals surface area contributed by atoms with Crippen LogP contribution in [0.3, 0.4) is 0 Å². The molecule has 6 nitrogen and oxygen atoms in total. The van der Waals surface area contributed by atoms with E-state index in [9.17, 15) is 4.79 Å². The van der Waals surface area contributed by atoms with Crippen molar-refractivity contribution in [1.29, 1.82) is 0 Å². The molecule has 0 saturated carbocycles. The highest BCUT2D eigenvalue weighted by Crippen LogP contribution is 2.09. The summed E-state index contributed by atoms with van der Waals surface area (Å²) in [6.07, 6.45) is 5.43. The number of carbonyl (C=O) groups is 1. The minimum absolute atomic E-state index is 0.212. The van der Waals surface area contributed by atoms with Crippen LogP contribution in [0.2, 0.25) is 0 Å². The molecule has 1 aromatic carbocycles. The normalized spacial score (nSPS) is 10.4. The molecule has 6 heteroatoms. The van der Waals surface area contributed by atoms with Crippen LogP contribution in [0.4, 0.5) is 4.79 Å². The van der Waals surface area contributed by atoms with Crippen LogP contribution >= 0.6 is 0 Å². The number of rotatable bonds is 9. The van der Waals surface area contributed by atoms with E-state index in [1.165, 1.54) is 0 Å². The van der Waals surface area contributed by atoms with Gasteiger partial charge < -0.3 is 20.1 Å². The Morgan fingerprint density at radius 3 is 2.60 bits per heavy atom. The van der Waals surface area contributed by atoms with Crippen LogP contribution < -0.4 is 20.1 Å². The molecule has 1 heterocycles. The molecular formula is C19H23N3O3. The lowest BCUT2D eigenvalue weighted by atomic mass is 10.3. The van der Waals surface area contributed by atoms with E-state index in [-0.39, 0.29) is 6.03 Å². The Morgan fingerprint density at radius 1 is 1.08 bits per heavy atom. The molecular weight excluding hydrogens is 318 g/mol. The van der Waals surface area contributed by atoms with E-state index in [2.05, 4.69) is 15.6 Å². The van der Waals surface area contributed by atoms with Gasteiger partial charge in [0.05, 0.1) is 0 Å². The smallest absolute Gasteiger partial charge is 0.315 e. The topological polar surface area (TPSA) is 72.5 Å². The largest absolute Gasteiger partial charge is 0.490 e. The monoisotopic (exact) mass is 341 g/mol. The van der Waals surface area contributed by atoms with Gasteiger partial charge in [-0.25, -0.2) is 9.78 Å². The Morgan fingerprint density at radius 2 is 1.88 bits per heavy atom. The van der Waals surface area contributed by atoms with Crippen molar-refractivity contribution in [2.24, 2.45) is 0 Å². The fraction of sp³-hybridized carbons (Fsp3) is 0.263. The number of nitrogens with one attached hydrogen (secondary N) is 2. The fourth-order valence-corrected chi connectivity index (χ4v) is 1.94. The second kappa shape index (κ2) is 10.7. The first-order valence-electron chi connectivity index (χ1n) is 8.16. The maximum Gasteiger partial charge on any atom is 0.315 e. The number of carbonyl (C=O) groups excluding carboxylic acids is 1. The van der Waals surface area contributed by atoms with Gasteiger partial charge in [0.15, 0.2) is 0 Å². The van der Waals surface area contributed by atoms with Crippen molar-refractivity contribution in [3.05, 3.63) is 66.4 Å². The first kappa shape index (κ1) is 18.3. The average Bonchev–Trinajstić information content (AvgIpc) is 2.65. The standard InChI is InChI=1S/C19H23N3O3/c1-2-3-11-20-19(23)22-15-16-9-10-18(21-14-16)25-13-12-24-17-7-5-4-6-8-17/h2-10,14H,11-13,15H2,1H3,(H2,20,22,23)/b3-2+. The lowest BCUT2D eigenvalue weighted by Crippen LogP contribution is -2.35. The molecule has 2 amide bonds. The third kappa shape index (κ3) is 7.39. The van der Waals surface area contributed by atoms with Crippen molar-refractivity contribution in [3.63, 3.8) is 0 Å². The van der Waals surface area contributed by atoms with Crippen LogP contribution in [0.15, 0.2) is 60.8 Å². The van der Waals surface area contributed by atoms with E-state index >= 15 is 0 Å². The highest BCUT2D eigenvalue weighted by atomic mass is 16.5. The molecule has 0 aliphatic rings. The van der Waals surface area contributed by atoms with Gasteiger partial charge >= 0.3 is 6.03 Å². The molecule has 0 atom stereocenters. The van der Waals surface area contributed by atoms with Crippen LogP contribution in [0, 0.1) is 0 Å². The van der Waals surface area contributed by atoms with Crippen molar-refractivity contribution >= 4 is 6.03 Å². The summed E-state index contributed by atoms with van der Waals surface area (Å²) in [5.41, 5.74) is 0.897. The van der Waals surface area contributed by atoms with Crippen molar-refractivity contribution < 1.29 is 14.3 Å². The molecule has 2 aromatic rings. The average molecular weight is 341 g/mol. The Labute approximate surface area is 147 Å². The zero-order valence-electron chi connectivity index (χ0n) is 14.3. The number of aromatic nitrogens is 1. The Kier molecular flexibility index (Phi) is 7.84. The van der Waals surface area contributed by atoms with Gasteiger partial charge in [-0.15, -0.1) is 0 Å². The molecule has 0 aliphatic carbocycles. The van der Waals surface area contributed by atoms with Gasteiger partial charge in [0.25, 0.3) is 0 Å². The number of urea groups is 1. The molecule has 0 saturated heterocycles. The number of para-hydroxylation sites is 1. The Bertz CT molecular complexity index is 657. The summed E-state index contributed by atoms with van der Waals surface area (Å²) in [5, 5.41) is 5.48. The quantitative estimate of drug-likeness (QED) is 0.543. The summed E-state index contributed by atoms with van der Waals surface area (Å²) in [4.78, 5) is 15.8. The van der Waals surface area contributed by atoms with Crippen molar-refractivity contribution in [2.75, 3.05) is 19.8 Å². The Balaban J connectivity index is 1.64. The summed E-state index contributed by atoms with van der Waals surface area (Å²) in [5.74, 6) is 1.34.